The molecule has 0 aliphatic rings. The molecule has 0 aliphatic carbocycles. The maximum Gasteiger partial charge on any atom is 0.180 e. The van der Waals surface area contributed by atoms with Crippen LogP contribution in [0.25, 0.3) is 0 Å². The molecule has 4 heteroatoms. The molecular weight excluding hydrogens is 237 g/mol. The van der Waals surface area contributed by atoms with Crippen LogP contribution < -0.4 is 0 Å². The third kappa shape index (κ3) is 27.4. The molecule has 0 heterocycles. The Morgan fingerprint density at radius 3 is 1.20 bits per heavy atom. The predicted molar refractivity (Wildman–Crippen MR) is 31.3 cm³/mol. The number of alkyl halides is 3. The third-order valence-corrected chi connectivity index (χ3v) is 0. The summed E-state index contributed by atoms with van der Waals surface area (Å²) in [6.07, 6.45) is 0. The summed E-state index contributed by atoms with van der Waals surface area (Å²) in [5.41, 5.74) is 0. The molecule has 0 N–H and O–H groups in total. The quantitative estimate of drug-likeness (QED) is 0.450. The van der Waals surface area contributed by atoms with Gasteiger partial charge in [-0.1, -0.05) is 34.8 Å². The van der Waals surface area contributed by atoms with Gasteiger partial charge in [0.1, 0.15) is 0 Å². The van der Waals surface area contributed by atoms with Gasteiger partial charge in [0.05, 0.1) is 0 Å². The minimum atomic E-state index is -0.750. The van der Waals surface area contributed by atoms with E-state index in [0.29, 0.717) is 0 Å². The van der Waals surface area contributed by atoms with Gasteiger partial charge >= 0.3 is 0 Å². The fourth-order valence-corrected chi connectivity index (χ4v) is 0. The van der Waals surface area contributed by atoms with E-state index in [1.807, 2.05) is 0 Å². The fourth-order valence-electron chi connectivity index (χ4n) is 0. The first-order valence-electron chi connectivity index (χ1n) is 0.655. The molecule has 0 bridgehead atoms. The van der Waals surface area contributed by atoms with Crippen molar-refractivity contribution in [2.75, 3.05) is 0 Å². The molecule has 0 aliphatic heterocycles. The SMILES string of the molecule is ClC(Cl)Cl.[HH].[HH].[Sn]. The Hall–Kier alpha value is 1.67. The van der Waals surface area contributed by atoms with E-state index in [0.717, 1.165) is 0 Å². The zero-order valence-corrected chi connectivity index (χ0v) is 7.33. The van der Waals surface area contributed by atoms with Crippen LogP contribution in [0.3, 0.4) is 0 Å². The average molecular weight is 242 g/mol. The minimum absolute atomic E-state index is 0. The van der Waals surface area contributed by atoms with Crippen LogP contribution in [-0.2, 0) is 0 Å². The number of hydrogen-bond donors (Lipinski definition) is 0. The molecule has 34 valence electrons. The van der Waals surface area contributed by atoms with E-state index in [-0.39, 0.29) is 26.8 Å². The van der Waals surface area contributed by atoms with Crippen molar-refractivity contribution in [2.45, 2.75) is 4.30 Å². The Balaban J connectivity index is -0.0000000150. The van der Waals surface area contributed by atoms with E-state index in [4.69, 9.17) is 34.8 Å². The molecule has 0 spiro atoms. The Bertz CT molecular complexity index is 17.7. The van der Waals surface area contributed by atoms with E-state index in [1.165, 1.54) is 0 Å². The topological polar surface area (TPSA) is 0 Å². The Kier molecular flexibility index (Phi) is 11.1. The third-order valence-electron chi connectivity index (χ3n) is 0. The van der Waals surface area contributed by atoms with Gasteiger partial charge < -0.3 is 0 Å². The molecule has 0 aromatic carbocycles. The molecule has 0 saturated carbocycles. The maximum atomic E-state index is 4.81. The summed E-state index contributed by atoms with van der Waals surface area (Å²) in [7, 11) is 0. The first-order chi connectivity index (χ1) is 1.73. The van der Waals surface area contributed by atoms with Crippen molar-refractivity contribution in [3.8, 4) is 0 Å². The first-order valence-corrected chi connectivity index (χ1v) is 1.96. The molecule has 0 aromatic rings. The van der Waals surface area contributed by atoms with Crippen molar-refractivity contribution in [3.63, 3.8) is 0 Å². The summed E-state index contributed by atoms with van der Waals surface area (Å²) in [5, 5.41) is 0. The Morgan fingerprint density at radius 1 is 1.20 bits per heavy atom. The van der Waals surface area contributed by atoms with Gasteiger partial charge in [-0.15, -0.1) is 0 Å². The fraction of sp³-hybridized carbons (Fsp3) is 1.00. The average Bonchev–Trinajstić information content (AvgIpc) is 0.811. The summed E-state index contributed by atoms with van der Waals surface area (Å²) in [4.78, 5) is 0. The molecule has 4 radical (unpaired) electrons. The van der Waals surface area contributed by atoms with E-state index < -0.39 is 4.30 Å². The summed E-state index contributed by atoms with van der Waals surface area (Å²) in [5.74, 6) is 0. The van der Waals surface area contributed by atoms with Gasteiger partial charge in [-0.25, -0.2) is 0 Å². The van der Waals surface area contributed by atoms with Crippen LogP contribution in [0.1, 0.15) is 2.85 Å². The van der Waals surface area contributed by atoms with Crippen LogP contribution in [0.4, 0.5) is 0 Å². The monoisotopic (exact) mass is 242 g/mol. The van der Waals surface area contributed by atoms with Crippen molar-refractivity contribution in [1.82, 2.24) is 0 Å². The minimum Gasteiger partial charge on any atom is -0.0874 e. The molecule has 5 heavy (non-hydrogen) atoms. The molecular formula is CH5Cl3Sn. The number of rotatable bonds is 0. The smallest absolute Gasteiger partial charge is 0.0874 e. The van der Waals surface area contributed by atoms with Gasteiger partial charge in [-0.05, 0) is 0 Å². The second-order valence-electron chi connectivity index (χ2n) is 0.247. The van der Waals surface area contributed by atoms with Gasteiger partial charge in [0, 0.05) is 26.8 Å². The van der Waals surface area contributed by atoms with E-state index in [9.17, 15) is 0 Å². The van der Waals surface area contributed by atoms with E-state index >= 15 is 0 Å². The van der Waals surface area contributed by atoms with Gasteiger partial charge in [-0.2, -0.15) is 0 Å². The Morgan fingerprint density at radius 2 is 1.20 bits per heavy atom. The predicted octanol–water partition coefficient (Wildman–Crippen LogP) is 2.10. The zero-order valence-electron chi connectivity index (χ0n) is 2.21. The molecule has 0 atom stereocenters. The summed E-state index contributed by atoms with van der Waals surface area (Å²) in [6.45, 7) is 0. The van der Waals surface area contributed by atoms with Gasteiger partial charge in [0.15, 0.2) is 4.30 Å². The van der Waals surface area contributed by atoms with E-state index in [2.05, 4.69) is 0 Å². The summed E-state index contributed by atoms with van der Waals surface area (Å²) in [6, 6.07) is 0. The van der Waals surface area contributed by atoms with Crippen LogP contribution in [0.5, 0.6) is 0 Å². The van der Waals surface area contributed by atoms with Gasteiger partial charge in [0.25, 0.3) is 0 Å². The van der Waals surface area contributed by atoms with Crippen molar-refractivity contribution in [3.05, 3.63) is 0 Å². The zero-order chi connectivity index (χ0) is 3.58. The van der Waals surface area contributed by atoms with Crippen molar-refractivity contribution in [1.29, 1.82) is 0 Å². The van der Waals surface area contributed by atoms with Gasteiger partial charge in [-0.3, -0.25) is 0 Å². The number of halogens is 3. The summed E-state index contributed by atoms with van der Waals surface area (Å²) < 4.78 is -0.750. The van der Waals surface area contributed by atoms with Gasteiger partial charge in [0.2, 0.25) is 0 Å². The standard InChI is InChI=1S/CHCl3.Sn.2H2/c2-1(3)4;;;/h1H;;2*1H. The van der Waals surface area contributed by atoms with Crippen LogP contribution >= 0.6 is 34.8 Å². The molecule has 0 amide bonds. The Labute approximate surface area is 65.7 Å². The van der Waals surface area contributed by atoms with Crippen LogP contribution in [0.15, 0.2) is 0 Å². The molecule has 0 rings (SSSR count). The second-order valence-corrected chi connectivity index (χ2v) is 2.23. The molecule has 0 nitrogen and oxygen atoms in total. The second kappa shape index (κ2) is 5.67. The molecule has 0 saturated heterocycles. The first kappa shape index (κ1) is 9.83. The summed E-state index contributed by atoms with van der Waals surface area (Å²) >= 11 is 14.4. The van der Waals surface area contributed by atoms with Crippen LogP contribution in [0.2, 0.25) is 0 Å². The molecule has 0 aromatic heterocycles. The molecule has 0 fully saturated rings. The van der Waals surface area contributed by atoms with Crippen molar-refractivity contribution in [2.24, 2.45) is 0 Å². The number of hydrogen-bond acceptors (Lipinski definition) is 0. The van der Waals surface area contributed by atoms with Crippen LogP contribution in [0, 0.1) is 0 Å². The van der Waals surface area contributed by atoms with Crippen molar-refractivity contribution < 1.29 is 2.85 Å². The molecule has 0 unspecified atom stereocenters. The normalized spacial score (nSPS) is 7.20. The van der Waals surface area contributed by atoms with Crippen molar-refractivity contribution >= 4 is 58.7 Å². The van der Waals surface area contributed by atoms with Crippen LogP contribution in [-0.4, -0.2) is 28.2 Å². The largest absolute Gasteiger partial charge is 0.180 e. The maximum absolute atomic E-state index is 4.81. The van der Waals surface area contributed by atoms with E-state index in [1.54, 1.807) is 0 Å².